The largest absolute Gasteiger partial charge is 0.506 e. The lowest BCUT2D eigenvalue weighted by atomic mass is 9.87. The van der Waals surface area contributed by atoms with E-state index in [-0.39, 0.29) is 30.2 Å². The molecule has 27 heavy (non-hydrogen) atoms. The maximum atomic E-state index is 12.5. The first-order chi connectivity index (χ1) is 12.6. The molecule has 3 rings (SSSR count). The van der Waals surface area contributed by atoms with Crippen LogP contribution in [0.3, 0.4) is 0 Å². The molecule has 142 valence electrons. The lowest BCUT2D eigenvalue weighted by molar-refractivity contribution is -0.123. The number of anilines is 2. The molecule has 1 heterocycles. The fraction of sp³-hybridized carbons (Fsp3) is 0.300. The fourth-order valence-electron chi connectivity index (χ4n) is 2.79. The van der Waals surface area contributed by atoms with Crippen molar-refractivity contribution in [3.8, 4) is 11.5 Å². The maximum absolute atomic E-state index is 12.5. The van der Waals surface area contributed by atoms with Crippen molar-refractivity contribution in [3.05, 3.63) is 46.4 Å². The van der Waals surface area contributed by atoms with E-state index in [2.05, 4.69) is 21.2 Å². The predicted molar refractivity (Wildman–Crippen MR) is 107 cm³/mol. The van der Waals surface area contributed by atoms with E-state index in [1.54, 1.807) is 30.3 Å². The molecule has 1 aliphatic rings. The maximum Gasteiger partial charge on any atom is 0.265 e. The number of benzene rings is 2. The average Bonchev–Trinajstić information content (AvgIpc) is 2.58. The monoisotopic (exact) mass is 432 g/mol. The van der Waals surface area contributed by atoms with Gasteiger partial charge in [-0.25, -0.2) is 0 Å². The van der Waals surface area contributed by atoms with Crippen molar-refractivity contribution < 1.29 is 19.4 Å². The molecule has 0 bridgehead atoms. The van der Waals surface area contributed by atoms with Crippen LogP contribution in [0.2, 0.25) is 0 Å². The van der Waals surface area contributed by atoms with Gasteiger partial charge in [-0.3, -0.25) is 14.5 Å². The van der Waals surface area contributed by atoms with E-state index in [1.165, 1.54) is 4.90 Å². The van der Waals surface area contributed by atoms with Gasteiger partial charge in [0.2, 0.25) is 5.91 Å². The summed E-state index contributed by atoms with van der Waals surface area (Å²) in [6.45, 7) is 5.85. The number of fused-ring (bicyclic) bond motifs is 1. The van der Waals surface area contributed by atoms with Gasteiger partial charge < -0.3 is 15.2 Å². The third-order valence-corrected chi connectivity index (χ3v) is 4.80. The number of nitrogens with zero attached hydrogens (tertiary/aromatic N) is 1. The van der Waals surface area contributed by atoms with Crippen LogP contribution in [0.5, 0.6) is 11.5 Å². The summed E-state index contributed by atoms with van der Waals surface area (Å²) in [6, 6.07) is 10.4. The zero-order valence-corrected chi connectivity index (χ0v) is 17.0. The topological polar surface area (TPSA) is 78.9 Å². The van der Waals surface area contributed by atoms with Crippen molar-refractivity contribution in [3.63, 3.8) is 0 Å². The van der Waals surface area contributed by atoms with Crippen molar-refractivity contribution in [1.29, 1.82) is 0 Å². The normalized spacial score (nSPS) is 13.8. The number of rotatable bonds is 3. The summed E-state index contributed by atoms with van der Waals surface area (Å²) < 4.78 is 6.25. The van der Waals surface area contributed by atoms with Gasteiger partial charge in [-0.1, -0.05) is 42.8 Å². The number of carbonyl (C=O) groups is 2. The number of hydrogen-bond acceptors (Lipinski definition) is 4. The van der Waals surface area contributed by atoms with E-state index >= 15 is 0 Å². The first-order valence-corrected chi connectivity index (χ1v) is 9.30. The molecule has 2 N–H and O–H groups in total. The number of halogens is 1. The van der Waals surface area contributed by atoms with Crippen LogP contribution in [0.4, 0.5) is 11.4 Å². The van der Waals surface area contributed by atoms with Crippen molar-refractivity contribution in [2.75, 3.05) is 23.4 Å². The van der Waals surface area contributed by atoms with Crippen LogP contribution in [-0.4, -0.2) is 30.1 Å². The fourth-order valence-corrected chi connectivity index (χ4v) is 3.13. The highest BCUT2D eigenvalue weighted by molar-refractivity contribution is 9.10. The summed E-state index contributed by atoms with van der Waals surface area (Å²) in [5.74, 6) is -0.184. The Morgan fingerprint density at radius 1 is 1.26 bits per heavy atom. The summed E-state index contributed by atoms with van der Waals surface area (Å²) in [7, 11) is 0. The second-order valence-electron chi connectivity index (χ2n) is 7.41. The molecule has 7 heteroatoms. The Labute approximate surface area is 166 Å². The van der Waals surface area contributed by atoms with E-state index in [0.717, 1.165) is 10.0 Å². The molecule has 1 aliphatic heterocycles. The third-order valence-electron chi connectivity index (χ3n) is 4.30. The Hall–Kier alpha value is -2.54. The molecule has 0 saturated heterocycles. The molecule has 0 unspecified atom stereocenters. The number of aromatic hydroxyl groups is 1. The number of phenolic OH excluding ortho intramolecular Hbond substituents is 1. The van der Waals surface area contributed by atoms with Gasteiger partial charge in [0.15, 0.2) is 6.61 Å². The van der Waals surface area contributed by atoms with E-state index < -0.39 is 5.91 Å². The van der Waals surface area contributed by atoms with E-state index in [9.17, 15) is 14.7 Å². The molecule has 0 saturated carbocycles. The van der Waals surface area contributed by atoms with E-state index in [4.69, 9.17) is 4.74 Å². The van der Waals surface area contributed by atoms with Crippen molar-refractivity contribution >= 4 is 39.1 Å². The second kappa shape index (κ2) is 7.23. The smallest absolute Gasteiger partial charge is 0.265 e. The first kappa shape index (κ1) is 19.2. The molecule has 0 aliphatic carbocycles. The van der Waals surface area contributed by atoms with Gasteiger partial charge in [0.1, 0.15) is 18.0 Å². The zero-order chi connectivity index (χ0) is 19.8. The van der Waals surface area contributed by atoms with Crippen LogP contribution in [0.25, 0.3) is 0 Å². The number of phenols is 1. The number of hydrogen-bond donors (Lipinski definition) is 2. The molecule has 0 radical (unpaired) electrons. The van der Waals surface area contributed by atoms with Gasteiger partial charge in [-0.05, 0) is 41.3 Å². The standard InChI is InChI=1S/C20H21BrN2O4/c1-20(2,3)12-4-7-16(24)14(8-12)22-18(25)10-23-15-6-5-13(21)9-17(15)27-11-19(23)26/h4-9,24H,10-11H2,1-3H3,(H,22,25). The van der Waals surface area contributed by atoms with Crippen molar-refractivity contribution in [2.24, 2.45) is 0 Å². The molecule has 0 atom stereocenters. The Bertz CT molecular complexity index is 905. The van der Waals surface area contributed by atoms with Gasteiger partial charge in [0.25, 0.3) is 5.91 Å². The minimum absolute atomic E-state index is 0.0195. The quantitative estimate of drug-likeness (QED) is 0.722. The van der Waals surface area contributed by atoms with Crippen LogP contribution in [0.15, 0.2) is 40.9 Å². The van der Waals surface area contributed by atoms with Gasteiger partial charge in [-0.15, -0.1) is 0 Å². The van der Waals surface area contributed by atoms with Crippen LogP contribution in [0, 0.1) is 0 Å². The number of ether oxygens (including phenoxy) is 1. The highest BCUT2D eigenvalue weighted by Crippen LogP contribution is 2.35. The minimum Gasteiger partial charge on any atom is -0.506 e. The number of nitrogens with one attached hydrogen (secondary N) is 1. The summed E-state index contributed by atoms with van der Waals surface area (Å²) in [5, 5.41) is 12.8. The van der Waals surface area contributed by atoms with Gasteiger partial charge in [0.05, 0.1) is 11.4 Å². The predicted octanol–water partition coefficient (Wildman–Crippen LogP) is 3.82. The molecule has 0 spiro atoms. The van der Waals surface area contributed by atoms with Crippen LogP contribution >= 0.6 is 15.9 Å². The van der Waals surface area contributed by atoms with Gasteiger partial charge >= 0.3 is 0 Å². The highest BCUT2D eigenvalue weighted by Gasteiger charge is 2.28. The van der Waals surface area contributed by atoms with Gasteiger partial charge in [0, 0.05) is 4.47 Å². The van der Waals surface area contributed by atoms with Crippen molar-refractivity contribution in [2.45, 2.75) is 26.2 Å². The minimum atomic E-state index is -0.402. The lowest BCUT2D eigenvalue weighted by Gasteiger charge is -2.29. The Morgan fingerprint density at radius 2 is 2.00 bits per heavy atom. The zero-order valence-electron chi connectivity index (χ0n) is 15.4. The Morgan fingerprint density at radius 3 is 2.70 bits per heavy atom. The van der Waals surface area contributed by atoms with Crippen LogP contribution in [0.1, 0.15) is 26.3 Å². The van der Waals surface area contributed by atoms with Crippen LogP contribution < -0.4 is 15.0 Å². The molecule has 6 nitrogen and oxygen atoms in total. The van der Waals surface area contributed by atoms with Crippen molar-refractivity contribution in [1.82, 2.24) is 0 Å². The first-order valence-electron chi connectivity index (χ1n) is 8.51. The number of amides is 2. The molecule has 0 aromatic heterocycles. The van der Waals surface area contributed by atoms with Crippen LogP contribution in [-0.2, 0) is 15.0 Å². The molecular formula is C20H21BrN2O4. The SMILES string of the molecule is CC(C)(C)c1ccc(O)c(NC(=O)CN2C(=O)COc3cc(Br)ccc32)c1. The average molecular weight is 433 g/mol. The molecule has 2 aromatic rings. The Kier molecular flexibility index (Phi) is 5.15. The summed E-state index contributed by atoms with van der Waals surface area (Å²) >= 11 is 3.36. The van der Waals surface area contributed by atoms with E-state index in [1.807, 2.05) is 26.8 Å². The molecule has 0 fully saturated rings. The lowest BCUT2D eigenvalue weighted by Crippen LogP contribution is -2.43. The molecular weight excluding hydrogens is 412 g/mol. The molecule has 2 amide bonds. The number of carbonyl (C=O) groups excluding carboxylic acids is 2. The summed E-state index contributed by atoms with van der Waals surface area (Å²) in [6.07, 6.45) is 0. The highest BCUT2D eigenvalue weighted by atomic mass is 79.9. The van der Waals surface area contributed by atoms with E-state index in [0.29, 0.717) is 17.1 Å². The molecule has 2 aromatic carbocycles. The Balaban J connectivity index is 1.80. The third kappa shape index (κ3) is 4.24. The summed E-state index contributed by atoms with van der Waals surface area (Å²) in [4.78, 5) is 26.2. The second-order valence-corrected chi connectivity index (χ2v) is 8.33. The summed E-state index contributed by atoms with van der Waals surface area (Å²) in [5.41, 5.74) is 1.72. The van der Waals surface area contributed by atoms with Gasteiger partial charge in [-0.2, -0.15) is 0 Å².